The first-order valence-electron chi connectivity index (χ1n) is 10.4. The van der Waals surface area contributed by atoms with Gasteiger partial charge in [-0.1, -0.05) is 31.2 Å². The predicted octanol–water partition coefficient (Wildman–Crippen LogP) is 3.25. The van der Waals surface area contributed by atoms with Crippen molar-refractivity contribution >= 4 is 15.9 Å². The number of amides is 1. The zero-order valence-corrected chi connectivity index (χ0v) is 17.9. The van der Waals surface area contributed by atoms with E-state index in [1.165, 1.54) is 11.6 Å². The fourth-order valence-corrected chi connectivity index (χ4v) is 5.95. The average molecular weight is 416 g/mol. The van der Waals surface area contributed by atoms with Crippen molar-refractivity contribution in [3.05, 3.63) is 53.3 Å². The van der Waals surface area contributed by atoms with Crippen molar-refractivity contribution in [1.82, 2.24) is 14.2 Å². The smallest absolute Gasteiger partial charge is 0.268 e. The molecule has 1 fully saturated rings. The van der Waals surface area contributed by atoms with Gasteiger partial charge in [0.05, 0.1) is 6.04 Å². The highest BCUT2D eigenvalue weighted by Crippen LogP contribution is 2.30. The molecule has 1 unspecified atom stereocenters. The zero-order chi connectivity index (χ0) is 20.6. The molecule has 7 heteroatoms. The van der Waals surface area contributed by atoms with Crippen LogP contribution in [0.4, 0.5) is 0 Å². The third-order valence-corrected chi connectivity index (χ3v) is 8.13. The van der Waals surface area contributed by atoms with Gasteiger partial charge < -0.3 is 9.88 Å². The number of aromatic nitrogens is 1. The van der Waals surface area contributed by atoms with E-state index in [-0.39, 0.29) is 16.8 Å². The van der Waals surface area contributed by atoms with Gasteiger partial charge in [-0.25, -0.2) is 8.42 Å². The van der Waals surface area contributed by atoms with Gasteiger partial charge in [0.15, 0.2) is 0 Å². The normalized spacial score (nSPS) is 21.0. The fourth-order valence-electron chi connectivity index (χ4n) is 4.41. The third-order valence-electron chi connectivity index (χ3n) is 6.27. The molecule has 1 aromatic heterocycles. The van der Waals surface area contributed by atoms with Crippen LogP contribution in [0.2, 0.25) is 0 Å². The Bertz CT molecular complexity index is 1000. The first-order valence-corrected chi connectivity index (χ1v) is 11.9. The predicted molar refractivity (Wildman–Crippen MR) is 112 cm³/mol. The molecule has 2 aliphatic rings. The summed E-state index contributed by atoms with van der Waals surface area (Å²) in [6, 6.07) is 9.68. The molecule has 29 heavy (non-hydrogen) atoms. The molecular weight excluding hydrogens is 386 g/mol. The Balaban J connectivity index is 1.53. The van der Waals surface area contributed by atoms with Crippen molar-refractivity contribution < 1.29 is 13.2 Å². The van der Waals surface area contributed by atoms with Gasteiger partial charge in [0.2, 0.25) is 10.0 Å². The number of aryl methyl sites for hydroxylation is 2. The number of hydrogen-bond acceptors (Lipinski definition) is 3. The number of sulfonamides is 1. The maximum atomic E-state index is 13.0. The number of benzene rings is 1. The molecule has 0 radical (unpaired) electrons. The lowest BCUT2D eigenvalue weighted by Crippen LogP contribution is -2.37. The molecule has 6 nitrogen and oxygen atoms in total. The lowest BCUT2D eigenvalue weighted by Gasteiger charge is -2.29. The minimum atomic E-state index is -3.57. The summed E-state index contributed by atoms with van der Waals surface area (Å²) in [6.07, 6.45) is 6.26. The number of nitrogens with zero attached hydrogens (tertiary/aromatic N) is 2. The maximum Gasteiger partial charge on any atom is 0.268 e. The summed E-state index contributed by atoms with van der Waals surface area (Å²) >= 11 is 0. The van der Waals surface area contributed by atoms with Crippen LogP contribution in [0.1, 0.15) is 60.3 Å². The second-order valence-electron chi connectivity index (χ2n) is 8.38. The second-order valence-corrected chi connectivity index (χ2v) is 10.3. The van der Waals surface area contributed by atoms with Gasteiger partial charge >= 0.3 is 0 Å². The van der Waals surface area contributed by atoms with E-state index in [0.29, 0.717) is 24.7 Å². The quantitative estimate of drug-likeness (QED) is 0.833. The van der Waals surface area contributed by atoms with E-state index in [4.69, 9.17) is 0 Å². The first-order chi connectivity index (χ1) is 13.9. The molecule has 1 atom stereocenters. The SMILES string of the molecule is CC1CCN(S(=O)(=O)c2cc(C(=O)NC3CCCc4ccccc43)n(C)c2)CC1. The summed E-state index contributed by atoms with van der Waals surface area (Å²) in [5.41, 5.74) is 2.81. The van der Waals surface area contributed by atoms with Crippen LogP contribution in [0, 0.1) is 5.92 Å². The van der Waals surface area contributed by atoms with Crippen LogP contribution in [-0.2, 0) is 23.5 Å². The Kier molecular flexibility index (Phi) is 5.53. The molecule has 0 saturated carbocycles. The summed E-state index contributed by atoms with van der Waals surface area (Å²) in [7, 11) is -1.85. The molecule has 1 N–H and O–H groups in total. The number of carbonyl (C=O) groups is 1. The molecule has 156 valence electrons. The average Bonchev–Trinajstić information content (AvgIpc) is 3.11. The number of fused-ring (bicyclic) bond motifs is 1. The van der Waals surface area contributed by atoms with Gasteiger partial charge in [-0.2, -0.15) is 4.31 Å². The Morgan fingerprint density at radius 2 is 1.86 bits per heavy atom. The molecule has 1 aliphatic heterocycles. The molecule has 0 bridgehead atoms. The number of nitrogens with one attached hydrogen (secondary N) is 1. The van der Waals surface area contributed by atoms with Crippen LogP contribution < -0.4 is 5.32 Å². The van der Waals surface area contributed by atoms with Crippen molar-refractivity contribution in [1.29, 1.82) is 0 Å². The largest absolute Gasteiger partial charge is 0.345 e. The van der Waals surface area contributed by atoms with Crippen molar-refractivity contribution in [2.24, 2.45) is 13.0 Å². The van der Waals surface area contributed by atoms with Crippen LogP contribution >= 0.6 is 0 Å². The van der Waals surface area contributed by atoms with Crippen LogP contribution in [0.3, 0.4) is 0 Å². The number of carbonyl (C=O) groups excluding carboxylic acids is 1. The Morgan fingerprint density at radius 3 is 2.62 bits per heavy atom. The van der Waals surface area contributed by atoms with Crippen LogP contribution in [0.5, 0.6) is 0 Å². The zero-order valence-electron chi connectivity index (χ0n) is 17.1. The highest BCUT2D eigenvalue weighted by molar-refractivity contribution is 7.89. The molecule has 2 aromatic rings. The summed E-state index contributed by atoms with van der Waals surface area (Å²) in [4.78, 5) is 13.2. The summed E-state index contributed by atoms with van der Waals surface area (Å²) < 4.78 is 29.2. The summed E-state index contributed by atoms with van der Waals surface area (Å²) in [6.45, 7) is 3.23. The lowest BCUT2D eigenvalue weighted by atomic mass is 9.87. The standard InChI is InChI=1S/C22H29N3O3S/c1-16-10-12-25(13-11-16)29(27,28)18-14-21(24(2)15-18)22(26)23-20-9-5-7-17-6-3-4-8-19(17)20/h3-4,6,8,14-16,20H,5,7,9-13H2,1-2H3,(H,23,26). The van der Waals surface area contributed by atoms with Gasteiger partial charge in [-0.3, -0.25) is 4.79 Å². The monoisotopic (exact) mass is 415 g/mol. The van der Waals surface area contributed by atoms with Gasteiger partial charge in [0.25, 0.3) is 5.91 Å². The minimum absolute atomic E-state index is 0.0361. The molecule has 1 saturated heterocycles. The van der Waals surface area contributed by atoms with Crippen LogP contribution in [0.25, 0.3) is 0 Å². The van der Waals surface area contributed by atoms with Gasteiger partial charge in [0, 0.05) is 26.3 Å². The number of hydrogen-bond donors (Lipinski definition) is 1. The van der Waals surface area contributed by atoms with E-state index in [0.717, 1.165) is 37.7 Å². The Hall–Kier alpha value is -2.12. The molecular formula is C22H29N3O3S. The van der Waals surface area contributed by atoms with E-state index in [9.17, 15) is 13.2 Å². The number of rotatable bonds is 4. The highest BCUT2D eigenvalue weighted by atomic mass is 32.2. The van der Waals surface area contributed by atoms with E-state index < -0.39 is 10.0 Å². The van der Waals surface area contributed by atoms with E-state index in [1.54, 1.807) is 22.1 Å². The molecule has 1 aromatic carbocycles. The third kappa shape index (κ3) is 3.98. The van der Waals surface area contributed by atoms with Crippen molar-refractivity contribution in [3.8, 4) is 0 Å². The minimum Gasteiger partial charge on any atom is -0.345 e. The van der Waals surface area contributed by atoms with Crippen molar-refractivity contribution in [3.63, 3.8) is 0 Å². The molecule has 4 rings (SSSR count). The topological polar surface area (TPSA) is 71.4 Å². The molecule has 1 amide bonds. The maximum absolute atomic E-state index is 13.0. The van der Waals surface area contributed by atoms with E-state index in [1.807, 2.05) is 12.1 Å². The van der Waals surface area contributed by atoms with Crippen molar-refractivity contribution in [2.45, 2.75) is 50.0 Å². The number of piperidine rings is 1. The van der Waals surface area contributed by atoms with Crippen LogP contribution in [-0.4, -0.2) is 36.3 Å². The Morgan fingerprint density at radius 1 is 1.14 bits per heavy atom. The first kappa shape index (κ1) is 20.2. The fraction of sp³-hybridized carbons (Fsp3) is 0.500. The van der Waals surface area contributed by atoms with Gasteiger partial charge in [-0.15, -0.1) is 0 Å². The summed E-state index contributed by atoms with van der Waals surface area (Å²) in [5.74, 6) is 0.319. The lowest BCUT2D eigenvalue weighted by molar-refractivity contribution is 0.0924. The van der Waals surface area contributed by atoms with Gasteiger partial charge in [0.1, 0.15) is 10.6 Å². The van der Waals surface area contributed by atoms with Gasteiger partial charge in [-0.05, 0) is 55.2 Å². The molecule has 0 spiro atoms. The van der Waals surface area contributed by atoms with E-state index in [2.05, 4.69) is 24.4 Å². The van der Waals surface area contributed by atoms with E-state index >= 15 is 0 Å². The van der Waals surface area contributed by atoms with Crippen LogP contribution in [0.15, 0.2) is 41.4 Å². The molecule has 2 heterocycles. The molecule has 1 aliphatic carbocycles. The second kappa shape index (κ2) is 7.95. The van der Waals surface area contributed by atoms with Crippen molar-refractivity contribution in [2.75, 3.05) is 13.1 Å². The Labute approximate surface area is 173 Å². The summed E-state index contributed by atoms with van der Waals surface area (Å²) in [5, 5.41) is 3.11. The highest BCUT2D eigenvalue weighted by Gasteiger charge is 2.30.